The second kappa shape index (κ2) is 7.20. The minimum absolute atomic E-state index is 0.0894. The molecule has 0 aliphatic rings. The maximum Gasteiger partial charge on any atom is 0.311 e. The molecule has 0 aliphatic heterocycles. The van der Waals surface area contributed by atoms with Crippen molar-refractivity contribution >= 4 is 18.0 Å². The van der Waals surface area contributed by atoms with Crippen molar-refractivity contribution < 1.29 is 19.1 Å². The molecule has 0 saturated carbocycles. The molecule has 1 unspecified atom stereocenters. The zero-order valence-electron chi connectivity index (χ0n) is 11.1. The Kier molecular flexibility index (Phi) is 6.69. The molecule has 17 heavy (non-hydrogen) atoms. The molecular formula is C13H22O4. The smallest absolute Gasteiger partial charge is 0.311 e. The molecule has 0 aromatic heterocycles. The number of hydrogen-bond acceptors (Lipinski definition) is 4. The van der Waals surface area contributed by atoms with E-state index in [2.05, 4.69) is 0 Å². The SMILES string of the molecule is CC(OC(=O)C(C)(C)C)C(=O)CCCCC=O. The Labute approximate surface area is 103 Å². The third kappa shape index (κ3) is 6.87. The van der Waals surface area contributed by atoms with Crippen molar-refractivity contribution in [2.75, 3.05) is 0 Å². The molecule has 0 bridgehead atoms. The van der Waals surface area contributed by atoms with Gasteiger partial charge < -0.3 is 9.53 Å². The normalized spacial score (nSPS) is 12.9. The molecule has 0 aliphatic carbocycles. The maximum atomic E-state index is 11.6. The minimum Gasteiger partial charge on any atom is -0.454 e. The summed E-state index contributed by atoms with van der Waals surface area (Å²) in [6, 6.07) is 0. The molecule has 0 saturated heterocycles. The molecule has 0 N–H and O–H groups in total. The van der Waals surface area contributed by atoms with Crippen LogP contribution < -0.4 is 0 Å². The van der Waals surface area contributed by atoms with E-state index in [0.29, 0.717) is 25.7 Å². The van der Waals surface area contributed by atoms with Crippen LogP contribution in [0.3, 0.4) is 0 Å². The first-order chi connectivity index (χ1) is 7.79. The van der Waals surface area contributed by atoms with E-state index < -0.39 is 11.5 Å². The van der Waals surface area contributed by atoms with E-state index in [1.807, 2.05) is 0 Å². The Balaban J connectivity index is 3.97. The van der Waals surface area contributed by atoms with Gasteiger partial charge in [-0.2, -0.15) is 0 Å². The summed E-state index contributed by atoms with van der Waals surface area (Å²) in [6.07, 6.45) is 2.34. The number of unbranched alkanes of at least 4 members (excludes halogenated alkanes) is 2. The van der Waals surface area contributed by atoms with E-state index in [9.17, 15) is 14.4 Å². The summed E-state index contributed by atoms with van der Waals surface area (Å²) in [5.41, 5.74) is -0.591. The molecule has 0 heterocycles. The number of rotatable bonds is 7. The molecule has 0 rings (SSSR count). The highest BCUT2D eigenvalue weighted by molar-refractivity contribution is 5.86. The van der Waals surface area contributed by atoms with Gasteiger partial charge in [-0.1, -0.05) is 0 Å². The summed E-state index contributed by atoms with van der Waals surface area (Å²) < 4.78 is 5.08. The quantitative estimate of drug-likeness (QED) is 0.390. The van der Waals surface area contributed by atoms with Crippen LogP contribution in [0.15, 0.2) is 0 Å². The molecule has 0 amide bonds. The number of esters is 1. The predicted molar refractivity (Wildman–Crippen MR) is 64.5 cm³/mol. The number of ketones is 1. The predicted octanol–water partition coefficient (Wildman–Crippen LogP) is 2.29. The summed E-state index contributed by atoms with van der Waals surface area (Å²) in [6.45, 7) is 6.83. The van der Waals surface area contributed by atoms with E-state index in [1.54, 1.807) is 27.7 Å². The second-order valence-corrected chi connectivity index (χ2v) is 5.18. The van der Waals surface area contributed by atoms with E-state index in [1.165, 1.54) is 0 Å². The molecule has 0 aromatic rings. The highest BCUT2D eigenvalue weighted by Gasteiger charge is 2.26. The lowest BCUT2D eigenvalue weighted by Gasteiger charge is -2.20. The van der Waals surface area contributed by atoms with Gasteiger partial charge in [0.25, 0.3) is 0 Å². The van der Waals surface area contributed by atoms with Crippen molar-refractivity contribution in [1.82, 2.24) is 0 Å². The fraction of sp³-hybridized carbons (Fsp3) is 0.769. The summed E-state index contributed by atoms with van der Waals surface area (Å²) >= 11 is 0. The van der Waals surface area contributed by atoms with E-state index >= 15 is 0 Å². The number of hydrogen-bond donors (Lipinski definition) is 0. The van der Waals surface area contributed by atoms with Gasteiger partial charge in [0.05, 0.1) is 5.41 Å². The Morgan fingerprint density at radius 2 is 1.82 bits per heavy atom. The molecule has 0 radical (unpaired) electrons. The topological polar surface area (TPSA) is 60.4 Å². The number of Topliss-reactive ketones (excluding diaryl/α,β-unsaturated/α-hetero) is 1. The Hall–Kier alpha value is -1.19. The van der Waals surface area contributed by atoms with Gasteiger partial charge in [0.2, 0.25) is 0 Å². The minimum atomic E-state index is -0.696. The zero-order chi connectivity index (χ0) is 13.5. The van der Waals surface area contributed by atoms with Crippen LogP contribution in [0.1, 0.15) is 53.4 Å². The monoisotopic (exact) mass is 242 g/mol. The van der Waals surface area contributed by atoms with Gasteiger partial charge in [-0.15, -0.1) is 0 Å². The van der Waals surface area contributed by atoms with Crippen molar-refractivity contribution in [3.05, 3.63) is 0 Å². The van der Waals surface area contributed by atoms with Crippen LogP contribution in [0.4, 0.5) is 0 Å². The van der Waals surface area contributed by atoms with Gasteiger partial charge in [0.1, 0.15) is 6.29 Å². The summed E-state index contributed by atoms with van der Waals surface area (Å²) in [4.78, 5) is 33.2. The highest BCUT2D eigenvalue weighted by atomic mass is 16.5. The standard InChI is InChI=1S/C13H22O4/c1-10(17-12(16)13(2,3)4)11(15)8-6-5-7-9-14/h9-10H,5-8H2,1-4H3. The lowest BCUT2D eigenvalue weighted by molar-refractivity contribution is -0.161. The van der Waals surface area contributed by atoms with E-state index in [-0.39, 0.29) is 11.8 Å². The van der Waals surface area contributed by atoms with Gasteiger partial charge in [0, 0.05) is 12.8 Å². The van der Waals surface area contributed by atoms with Crippen molar-refractivity contribution in [3.8, 4) is 0 Å². The second-order valence-electron chi connectivity index (χ2n) is 5.18. The van der Waals surface area contributed by atoms with Crippen LogP contribution in [0.2, 0.25) is 0 Å². The fourth-order valence-corrected chi connectivity index (χ4v) is 1.13. The Bertz CT molecular complexity index is 276. The maximum absolute atomic E-state index is 11.6. The molecule has 0 spiro atoms. The summed E-state index contributed by atoms with van der Waals surface area (Å²) in [7, 11) is 0. The van der Waals surface area contributed by atoms with Crippen molar-refractivity contribution in [1.29, 1.82) is 0 Å². The number of aldehydes is 1. The highest BCUT2D eigenvalue weighted by Crippen LogP contribution is 2.17. The van der Waals surface area contributed by atoms with Crippen molar-refractivity contribution in [2.24, 2.45) is 5.41 Å². The fourth-order valence-electron chi connectivity index (χ4n) is 1.13. The molecule has 1 atom stereocenters. The first kappa shape index (κ1) is 15.8. The molecule has 4 nitrogen and oxygen atoms in total. The average molecular weight is 242 g/mol. The van der Waals surface area contributed by atoms with E-state index in [4.69, 9.17) is 4.74 Å². The van der Waals surface area contributed by atoms with Crippen LogP contribution in [0.25, 0.3) is 0 Å². The van der Waals surface area contributed by atoms with Gasteiger partial charge >= 0.3 is 5.97 Å². The van der Waals surface area contributed by atoms with Crippen molar-refractivity contribution in [2.45, 2.75) is 59.5 Å². The number of ether oxygens (including phenoxy) is 1. The van der Waals surface area contributed by atoms with Crippen LogP contribution in [-0.4, -0.2) is 24.1 Å². The third-order valence-electron chi connectivity index (χ3n) is 2.34. The first-order valence-electron chi connectivity index (χ1n) is 5.96. The Morgan fingerprint density at radius 3 is 2.29 bits per heavy atom. The van der Waals surface area contributed by atoms with Crippen molar-refractivity contribution in [3.63, 3.8) is 0 Å². The van der Waals surface area contributed by atoms with Gasteiger partial charge in [-0.05, 0) is 40.5 Å². The molecule has 0 aromatic carbocycles. The van der Waals surface area contributed by atoms with Crippen LogP contribution in [0, 0.1) is 5.41 Å². The average Bonchev–Trinajstić information content (AvgIpc) is 2.22. The van der Waals surface area contributed by atoms with Gasteiger partial charge in [0.15, 0.2) is 11.9 Å². The largest absolute Gasteiger partial charge is 0.454 e. The number of carbonyl (C=O) groups is 3. The van der Waals surface area contributed by atoms with Crippen LogP contribution in [-0.2, 0) is 19.1 Å². The third-order valence-corrected chi connectivity index (χ3v) is 2.34. The summed E-state index contributed by atoms with van der Waals surface area (Å²) in [5.74, 6) is -0.459. The van der Waals surface area contributed by atoms with Crippen LogP contribution >= 0.6 is 0 Å². The lowest BCUT2D eigenvalue weighted by Crippen LogP contribution is -2.31. The van der Waals surface area contributed by atoms with Crippen LogP contribution in [0.5, 0.6) is 0 Å². The lowest BCUT2D eigenvalue weighted by atomic mass is 9.97. The molecule has 0 fully saturated rings. The van der Waals surface area contributed by atoms with E-state index in [0.717, 1.165) is 6.29 Å². The zero-order valence-corrected chi connectivity index (χ0v) is 11.1. The molecular weight excluding hydrogens is 220 g/mol. The van der Waals surface area contributed by atoms with Gasteiger partial charge in [-0.3, -0.25) is 9.59 Å². The Morgan fingerprint density at radius 1 is 1.24 bits per heavy atom. The molecule has 98 valence electrons. The summed E-state index contributed by atoms with van der Waals surface area (Å²) in [5, 5.41) is 0. The van der Waals surface area contributed by atoms with Gasteiger partial charge in [-0.25, -0.2) is 0 Å². The molecule has 4 heteroatoms. The first-order valence-corrected chi connectivity index (χ1v) is 5.96. The number of carbonyl (C=O) groups excluding carboxylic acids is 3.